The van der Waals surface area contributed by atoms with Crippen LogP contribution in [0.4, 0.5) is 0 Å². The van der Waals surface area contributed by atoms with Gasteiger partial charge in [-0.1, -0.05) is 6.42 Å². The van der Waals surface area contributed by atoms with E-state index in [9.17, 15) is 13.2 Å². The second-order valence-corrected chi connectivity index (χ2v) is 7.62. The first-order valence-electron chi connectivity index (χ1n) is 7.88. The minimum absolute atomic E-state index is 0.176. The smallest absolute Gasteiger partial charge is 0.222 e. The van der Waals surface area contributed by atoms with Crippen LogP contribution in [0.25, 0.3) is 0 Å². The van der Waals surface area contributed by atoms with Crippen molar-refractivity contribution in [3.63, 3.8) is 0 Å². The Hall–Kier alpha value is -0.660. The highest BCUT2D eigenvalue weighted by Crippen LogP contribution is 2.21. The number of unbranched alkanes of at least 4 members (excludes halogenated alkanes) is 2. The number of piperidine rings is 1. The lowest BCUT2D eigenvalue weighted by Crippen LogP contribution is -2.45. The molecule has 1 fully saturated rings. The van der Waals surface area contributed by atoms with Gasteiger partial charge in [0.15, 0.2) is 0 Å². The molecule has 0 spiro atoms. The molecule has 0 aromatic carbocycles. The minimum atomic E-state index is -3.15. The van der Waals surface area contributed by atoms with E-state index in [4.69, 9.17) is 5.73 Å². The first kappa shape index (κ1) is 18.4. The number of nitrogens with two attached hydrogens (primary N) is 1. The highest BCUT2D eigenvalue weighted by Gasteiger charge is 2.25. The standard InChI is InChI=1S/C14H29N3O3S/c1-21(19,20)16-11-9-13-7-4-6-12-17(13)14(18)8-3-2-5-10-15/h13,16H,2-12,15H2,1H3. The molecule has 0 bridgehead atoms. The molecule has 1 heterocycles. The lowest BCUT2D eigenvalue weighted by molar-refractivity contribution is -0.135. The quantitative estimate of drug-likeness (QED) is 0.616. The first-order chi connectivity index (χ1) is 9.94. The Kier molecular flexibility index (Phi) is 8.21. The van der Waals surface area contributed by atoms with Crippen molar-refractivity contribution in [1.82, 2.24) is 9.62 Å². The van der Waals surface area contributed by atoms with Crippen LogP contribution in [0.5, 0.6) is 0 Å². The maximum atomic E-state index is 12.3. The van der Waals surface area contributed by atoms with Crippen LogP contribution in [0.2, 0.25) is 0 Å². The van der Waals surface area contributed by atoms with Crippen LogP contribution in [-0.4, -0.2) is 51.2 Å². The van der Waals surface area contributed by atoms with Gasteiger partial charge in [0.1, 0.15) is 0 Å². The average Bonchev–Trinajstić information content (AvgIpc) is 2.42. The van der Waals surface area contributed by atoms with Crippen LogP contribution in [-0.2, 0) is 14.8 Å². The molecule has 0 saturated carbocycles. The van der Waals surface area contributed by atoms with Gasteiger partial charge in [-0.2, -0.15) is 0 Å². The molecular formula is C14H29N3O3S. The number of hydrogen-bond acceptors (Lipinski definition) is 4. The molecule has 1 rings (SSSR count). The fraction of sp³-hybridized carbons (Fsp3) is 0.929. The van der Waals surface area contributed by atoms with E-state index < -0.39 is 10.0 Å². The summed E-state index contributed by atoms with van der Waals surface area (Å²) in [6.07, 6.45) is 8.42. The summed E-state index contributed by atoms with van der Waals surface area (Å²) in [6.45, 7) is 1.89. The third-order valence-electron chi connectivity index (χ3n) is 3.88. The molecule has 0 radical (unpaired) electrons. The van der Waals surface area contributed by atoms with Gasteiger partial charge in [0.05, 0.1) is 6.26 Å². The van der Waals surface area contributed by atoms with Crippen LogP contribution in [0, 0.1) is 0 Å². The average molecular weight is 319 g/mol. The largest absolute Gasteiger partial charge is 0.340 e. The van der Waals surface area contributed by atoms with Gasteiger partial charge >= 0.3 is 0 Å². The predicted octanol–water partition coefficient (Wildman–Crippen LogP) is 0.826. The maximum absolute atomic E-state index is 12.3. The molecule has 7 heteroatoms. The third kappa shape index (κ3) is 7.78. The Labute approximate surface area is 128 Å². The molecule has 3 N–H and O–H groups in total. The number of carbonyl (C=O) groups excluding carboxylic acids is 1. The summed E-state index contributed by atoms with van der Waals surface area (Å²) in [7, 11) is -3.15. The number of amides is 1. The van der Waals surface area contributed by atoms with E-state index in [0.717, 1.165) is 51.3 Å². The number of sulfonamides is 1. The van der Waals surface area contributed by atoms with Crippen molar-refractivity contribution in [3.8, 4) is 0 Å². The lowest BCUT2D eigenvalue weighted by Gasteiger charge is -2.36. The van der Waals surface area contributed by atoms with Crippen molar-refractivity contribution in [2.75, 3.05) is 25.9 Å². The van der Waals surface area contributed by atoms with Crippen molar-refractivity contribution in [2.45, 2.75) is 57.4 Å². The van der Waals surface area contributed by atoms with Crippen LogP contribution < -0.4 is 10.5 Å². The normalized spacial score (nSPS) is 19.7. The summed E-state index contributed by atoms with van der Waals surface area (Å²) in [5.74, 6) is 0.205. The van der Waals surface area contributed by atoms with Crippen LogP contribution in [0.3, 0.4) is 0 Å². The van der Waals surface area contributed by atoms with Crippen molar-refractivity contribution >= 4 is 15.9 Å². The van der Waals surface area contributed by atoms with Gasteiger partial charge in [-0.15, -0.1) is 0 Å². The van der Waals surface area contributed by atoms with Crippen molar-refractivity contribution in [2.24, 2.45) is 5.73 Å². The van der Waals surface area contributed by atoms with Gasteiger partial charge in [-0.25, -0.2) is 13.1 Å². The van der Waals surface area contributed by atoms with E-state index >= 15 is 0 Å². The molecule has 124 valence electrons. The molecule has 0 aromatic heterocycles. The first-order valence-corrected chi connectivity index (χ1v) is 9.77. The molecular weight excluding hydrogens is 290 g/mol. The maximum Gasteiger partial charge on any atom is 0.222 e. The summed E-state index contributed by atoms with van der Waals surface area (Å²) >= 11 is 0. The van der Waals surface area contributed by atoms with Crippen molar-refractivity contribution in [3.05, 3.63) is 0 Å². The minimum Gasteiger partial charge on any atom is -0.340 e. The van der Waals surface area contributed by atoms with Gasteiger partial charge in [0.2, 0.25) is 15.9 Å². The second-order valence-electron chi connectivity index (χ2n) is 5.79. The number of nitrogens with one attached hydrogen (secondary N) is 1. The number of rotatable bonds is 9. The monoisotopic (exact) mass is 319 g/mol. The molecule has 1 unspecified atom stereocenters. The second kappa shape index (κ2) is 9.38. The number of likely N-dealkylation sites (tertiary alicyclic amines) is 1. The Bertz CT molecular complexity index is 412. The number of carbonyl (C=O) groups is 1. The predicted molar refractivity (Wildman–Crippen MR) is 84.3 cm³/mol. The Balaban J connectivity index is 2.39. The van der Waals surface area contributed by atoms with Gasteiger partial charge in [0.25, 0.3) is 0 Å². The molecule has 6 nitrogen and oxygen atoms in total. The zero-order chi connectivity index (χ0) is 15.7. The van der Waals surface area contributed by atoms with Gasteiger partial charge in [0, 0.05) is 25.6 Å². The molecule has 1 amide bonds. The Morgan fingerprint density at radius 3 is 2.71 bits per heavy atom. The van der Waals surface area contributed by atoms with Crippen LogP contribution in [0.15, 0.2) is 0 Å². The van der Waals surface area contributed by atoms with E-state index in [1.165, 1.54) is 0 Å². The van der Waals surface area contributed by atoms with Crippen LogP contribution in [0.1, 0.15) is 51.4 Å². The van der Waals surface area contributed by atoms with E-state index in [2.05, 4.69) is 4.72 Å². The zero-order valence-corrected chi connectivity index (χ0v) is 13.8. The highest BCUT2D eigenvalue weighted by molar-refractivity contribution is 7.88. The summed E-state index contributed by atoms with van der Waals surface area (Å²) in [4.78, 5) is 14.2. The zero-order valence-electron chi connectivity index (χ0n) is 13.0. The van der Waals surface area contributed by atoms with Gasteiger partial charge in [-0.05, 0) is 45.1 Å². The summed E-state index contributed by atoms with van der Waals surface area (Å²) in [5.41, 5.74) is 5.45. The van der Waals surface area contributed by atoms with E-state index in [1.807, 2.05) is 4.90 Å². The van der Waals surface area contributed by atoms with E-state index in [-0.39, 0.29) is 11.9 Å². The molecule has 1 atom stereocenters. The number of nitrogens with zero attached hydrogens (tertiary/aromatic N) is 1. The van der Waals surface area contributed by atoms with Gasteiger partial charge in [-0.3, -0.25) is 4.79 Å². The van der Waals surface area contributed by atoms with Crippen molar-refractivity contribution in [1.29, 1.82) is 0 Å². The van der Waals surface area contributed by atoms with E-state index in [1.54, 1.807) is 0 Å². The highest BCUT2D eigenvalue weighted by atomic mass is 32.2. The summed E-state index contributed by atoms with van der Waals surface area (Å²) in [5, 5.41) is 0. The number of hydrogen-bond donors (Lipinski definition) is 2. The molecule has 1 aliphatic rings. The van der Waals surface area contributed by atoms with Gasteiger partial charge < -0.3 is 10.6 Å². The summed E-state index contributed by atoms with van der Waals surface area (Å²) < 4.78 is 24.7. The van der Waals surface area contributed by atoms with Crippen LogP contribution >= 0.6 is 0 Å². The molecule has 21 heavy (non-hydrogen) atoms. The fourth-order valence-electron chi connectivity index (χ4n) is 2.78. The molecule has 0 aromatic rings. The molecule has 1 saturated heterocycles. The van der Waals surface area contributed by atoms with E-state index in [0.29, 0.717) is 25.9 Å². The SMILES string of the molecule is CS(=O)(=O)NCCC1CCCCN1C(=O)CCCCCN. The molecule has 1 aliphatic heterocycles. The van der Waals surface area contributed by atoms with Crippen molar-refractivity contribution < 1.29 is 13.2 Å². The fourth-order valence-corrected chi connectivity index (χ4v) is 3.27. The molecule has 0 aliphatic carbocycles. The summed E-state index contributed by atoms with van der Waals surface area (Å²) in [6, 6.07) is 0.176. The Morgan fingerprint density at radius 2 is 2.05 bits per heavy atom. The Morgan fingerprint density at radius 1 is 1.29 bits per heavy atom. The lowest BCUT2D eigenvalue weighted by atomic mass is 9.98. The topological polar surface area (TPSA) is 92.5 Å². The third-order valence-corrected chi connectivity index (χ3v) is 4.61.